The number of likely N-dealkylation sites (tertiary alicyclic amines) is 1. The minimum atomic E-state index is 0.123. The summed E-state index contributed by atoms with van der Waals surface area (Å²) in [5.41, 5.74) is 6.27. The van der Waals surface area contributed by atoms with Gasteiger partial charge in [0.1, 0.15) is 0 Å². The van der Waals surface area contributed by atoms with Crippen LogP contribution in [0.25, 0.3) is 0 Å². The van der Waals surface area contributed by atoms with Gasteiger partial charge < -0.3 is 15.4 Å². The molecule has 0 bridgehead atoms. The smallest absolute Gasteiger partial charge is 0.0661 e. The van der Waals surface area contributed by atoms with E-state index in [4.69, 9.17) is 10.5 Å². The molecule has 1 aliphatic carbocycles. The molecule has 1 aliphatic heterocycles. The summed E-state index contributed by atoms with van der Waals surface area (Å²) in [6.07, 6.45) is 5.27. The van der Waals surface area contributed by atoms with Gasteiger partial charge in [-0.05, 0) is 64.7 Å². The van der Waals surface area contributed by atoms with Gasteiger partial charge in [0.15, 0.2) is 0 Å². The van der Waals surface area contributed by atoms with Crippen LogP contribution >= 0.6 is 0 Å². The van der Waals surface area contributed by atoms with Crippen molar-refractivity contribution in [1.82, 2.24) is 9.80 Å². The normalized spacial score (nSPS) is 25.7. The number of hydrogen-bond acceptors (Lipinski definition) is 4. The highest BCUT2D eigenvalue weighted by Crippen LogP contribution is 2.44. The Morgan fingerprint density at radius 3 is 2.26 bits per heavy atom. The average molecular weight is 269 g/mol. The van der Waals surface area contributed by atoms with E-state index < -0.39 is 0 Å². The maximum absolute atomic E-state index is 6.15. The minimum Gasteiger partial charge on any atom is -0.383 e. The van der Waals surface area contributed by atoms with Crippen LogP contribution in [0.15, 0.2) is 0 Å². The molecular weight excluding hydrogens is 238 g/mol. The first-order valence-electron chi connectivity index (χ1n) is 7.71. The molecule has 1 saturated carbocycles. The maximum atomic E-state index is 6.15. The van der Waals surface area contributed by atoms with Gasteiger partial charge in [0.05, 0.1) is 12.1 Å². The van der Waals surface area contributed by atoms with Crippen molar-refractivity contribution in [2.24, 2.45) is 17.6 Å². The molecule has 0 aromatic carbocycles. The van der Waals surface area contributed by atoms with Crippen LogP contribution in [0.1, 0.15) is 25.7 Å². The molecule has 112 valence electrons. The molecule has 1 heterocycles. The molecule has 1 saturated heterocycles. The predicted molar refractivity (Wildman–Crippen MR) is 79.2 cm³/mol. The van der Waals surface area contributed by atoms with Crippen LogP contribution in [-0.4, -0.2) is 69.3 Å². The zero-order valence-corrected chi connectivity index (χ0v) is 12.9. The van der Waals surface area contributed by atoms with Gasteiger partial charge in [-0.2, -0.15) is 0 Å². The minimum absolute atomic E-state index is 0.123. The molecule has 1 atom stereocenters. The first-order chi connectivity index (χ1) is 9.12. The molecule has 0 aromatic heterocycles. The van der Waals surface area contributed by atoms with E-state index in [9.17, 15) is 0 Å². The standard InChI is InChI=1S/C15H31N3O/c1-17(2)10-13-6-8-18(9-7-13)15(11-16,12-19-3)14-4-5-14/h13-14H,4-12,16H2,1-3H3. The lowest BCUT2D eigenvalue weighted by Crippen LogP contribution is -2.60. The Morgan fingerprint density at radius 2 is 1.84 bits per heavy atom. The molecule has 2 aliphatic rings. The van der Waals surface area contributed by atoms with Gasteiger partial charge in [-0.15, -0.1) is 0 Å². The van der Waals surface area contributed by atoms with E-state index in [1.807, 2.05) is 7.11 Å². The van der Waals surface area contributed by atoms with Crippen molar-refractivity contribution in [3.63, 3.8) is 0 Å². The highest BCUT2D eigenvalue weighted by Gasteiger charge is 2.49. The number of hydrogen-bond donors (Lipinski definition) is 1. The van der Waals surface area contributed by atoms with Crippen molar-refractivity contribution < 1.29 is 4.74 Å². The Kier molecular flexibility index (Phi) is 5.23. The van der Waals surface area contributed by atoms with Gasteiger partial charge >= 0.3 is 0 Å². The van der Waals surface area contributed by atoms with Gasteiger partial charge in [-0.3, -0.25) is 4.90 Å². The monoisotopic (exact) mass is 269 g/mol. The molecule has 19 heavy (non-hydrogen) atoms. The van der Waals surface area contributed by atoms with Crippen LogP contribution in [0.5, 0.6) is 0 Å². The summed E-state index contributed by atoms with van der Waals surface area (Å²) in [7, 11) is 6.16. The third-order valence-electron chi connectivity index (χ3n) is 4.95. The summed E-state index contributed by atoms with van der Waals surface area (Å²) in [4.78, 5) is 4.95. The van der Waals surface area contributed by atoms with Crippen molar-refractivity contribution in [3.05, 3.63) is 0 Å². The molecule has 0 spiro atoms. The quantitative estimate of drug-likeness (QED) is 0.749. The molecule has 2 fully saturated rings. The Hall–Kier alpha value is -0.160. The summed E-state index contributed by atoms with van der Waals surface area (Å²) in [6, 6.07) is 0. The lowest BCUT2D eigenvalue weighted by Gasteiger charge is -2.47. The van der Waals surface area contributed by atoms with Crippen molar-refractivity contribution in [2.75, 3.05) is 54.0 Å². The zero-order chi connectivity index (χ0) is 13.9. The number of piperidine rings is 1. The van der Waals surface area contributed by atoms with E-state index >= 15 is 0 Å². The molecule has 2 rings (SSSR count). The Bertz CT molecular complexity index is 273. The molecule has 2 N–H and O–H groups in total. The number of methoxy groups -OCH3 is 1. The Balaban J connectivity index is 1.93. The van der Waals surface area contributed by atoms with E-state index in [0.29, 0.717) is 0 Å². The summed E-state index contributed by atoms with van der Waals surface area (Å²) in [6.45, 7) is 5.14. The first kappa shape index (κ1) is 15.2. The predicted octanol–water partition coefficient (Wildman–Crippen LogP) is 1.01. The van der Waals surface area contributed by atoms with Crippen molar-refractivity contribution >= 4 is 0 Å². The lowest BCUT2D eigenvalue weighted by molar-refractivity contribution is -0.0208. The van der Waals surface area contributed by atoms with E-state index in [2.05, 4.69) is 23.9 Å². The highest BCUT2D eigenvalue weighted by molar-refractivity contribution is 5.04. The van der Waals surface area contributed by atoms with Crippen LogP contribution in [-0.2, 0) is 4.74 Å². The number of nitrogens with zero attached hydrogens (tertiary/aromatic N) is 2. The molecule has 0 radical (unpaired) electrons. The summed E-state index contributed by atoms with van der Waals surface area (Å²) in [5, 5.41) is 0. The highest BCUT2D eigenvalue weighted by atomic mass is 16.5. The summed E-state index contributed by atoms with van der Waals surface area (Å²) >= 11 is 0. The first-order valence-corrected chi connectivity index (χ1v) is 7.71. The number of ether oxygens (including phenoxy) is 1. The third kappa shape index (κ3) is 3.48. The van der Waals surface area contributed by atoms with E-state index in [1.165, 1.54) is 45.3 Å². The summed E-state index contributed by atoms with van der Waals surface area (Å²) < 4.78 is 5.51. The number of rotatable bonds is 7. The van der Waals surface area contributed by atoms with Gasteiger partial charge in [0.25, 0.3) is 0 Å². The van der Waals surface area contributed by atoms with Gasteiger partial charge in [-0.25, -0.2) is 0 Å². The second-order valence-corrected chi connectivity index (χ2v) is 6.71. The van der Waals surface area contributed by atoms with Crippen LogP contribution in [0.2, 0.25) is 0 Å². The SMILES string of the molecule is COCC(CN)(C1CC1)N1CCC(CN(C)C)CC1. The van der Waals surface area contributed by atoms with Crippen LogP contribution in [0.4, 0.5) is 0 Å². The number of nitrogens with two attached hydrogens (primary N) is 1. The molecular formula is C15H31N3O. The second-order valence-electron chi connectivity index (χ2n) is 6.71. The summed E-state index contributed by atoms with van der Waals surface area (Å²) in [5.74, 6) is 1.62. The molecule has 1 unspecified atom stereocenters. The van der Waals surface area contributed by atoms with Crippen molar-refractivity contribution in [2.45, 2.75) is 31.2 Å². The fourth-order valence-corrected chi connectivity index (χ4v) is 3.77. The van der Waals surface area contributed by atoms with Crippen LogP contribution in [0, 0.1) is 11.8 Å². The third-order valence-corrected chi connectivity index (χ3v) is 4.95. The van der Waals surface area contributed by atoms with Gasteiger partial charge in [0.2, 0.25) is 0 Å². The molecule has 4 nitrogen and oxygen atoms in total. The fraction of sp³-hybridized carbons (Fsp3) is 1.00. The van der Waals surface area contributed by atoms with E-state index in [-0.39, 0.29) is 5.54 Å². The van der Waals surface area contributed by atoms with Crippen molar-refractivity contribution in [3.8, 4) is 0 Å². The van der Waals surface area contributed by atoms with E-state index in [0.717, 1.165) is 25.0 Å². The molecule has 0 aromatic rings. The van der Waals surface area contributed by atoms with Gasteiger partial charge in [0, 0.05) is 20.2 Å². The largest absolute Gasteiger partial charge is 0.383 e. The lowest BCUT2D eigenvalue weighted by atomic mass is 9.87. The van der Waals surface area contributed by atoms with Crippen molar-refractivity contribution in [1.29, 1.82) is 0 Å². The zero-order valence-electron chi connectivity index (χ0n) is 12.9. The Morgan fingerprint density at radius 1 is 1.21 bits per heavy atom. The second kappa shape index (κ2) is 6.53. The van der Waals surface area contributed by atoms with Crippen LogP contribution < -0.4 is 5.73 Å². The van der Waals surface area contributed by atoms with Crippen LogP contribution in [0.3, 0.4) is 0 Å². The Labute approximate surface area is 118 Å². The average Bonchev–Trinajstić information content (AvgIpc) is 3.21. The fourth-order valence-electron chi connectivity index (χ4n) is 3.77. The molecule has 0 amide bonds. The topological polar surface area (TPSA) is 41.7 Å². The maximum Gasteiger partial charge on any atom is 0.0661 e. The van der Waals surface area contributed by atoms with Gasteiger partial charge in [-0.1, -0.05) is 0 Å². The van der Waals surface area contributed by atoms with E-state index in [1.54, 1.807) is 0 Å². The molecule has 4 heteroatoms.